The Bertz CT molecular complexity index is 1890. The summed E-state index contributed by atoms with van der Waals surface area (Å²) in [7, 11) is 0. The van der Waals surface area contributed by atoms with E-state index in [-0.39, 0.29) is 29.6 Å². The zero-order chi connectivity index (χ0) is 29.3. The number of imidazole rings is 2. The van der Waals surface area contributed by atoms with Crippen LogP contribution in [0.15, 0.2) is 84.3 Å². The predicted molar refractivity (Wildman–Crippen MR) is 152 cm³/mol. The zero-order valence-corrected chi connectivity index (χ0v) is 23.0. The van der Waals surface area contributed by atoms with Crippen LogP contribution in [0.1, 0.15) is 40.6 Å². The highest BCUT2D eigenvalue weighted by atomic mass is 19.1. The number of nitrogens with zero attached hydrogens (tertiary/aromatic N) is 8. The van der Waals surface area contributed by atoms with Gasteiger partial charge >= 0.3 is 0 Å². The number of Topliss-reactive ketones (excluding diaryl/α,β-unsaturated/α-hetero) is 1. The van der Waals surface area contributed by atoms with Gasteiger partial charge in [-0.1, -0.05) is 0 Å². The molecule has 0 spiro atoms. The van der Waals surface area contributed by atoms with Crippen LogP contribution in [0.5, 0.6) is 0 Å². The molecule has 1 fully saturated rings. The molecule has 216 valence electrons. The molecule has 7 rings (SSSR count). The van der Waals surface area contributed by atoms with Gasteiger partial charge in [0.1, 0.15) is 17.8 Å². The third kappa shape index (κ3) is 5.56. The Morgan fingerprint density at radius 3 is 2.58 bits per heavy atom. The fraction of sp³-hybridized carbons (Fsp3) is 0.226. The van der Waals surface area contributed by atoms with Crippen molar-refractivity contribution in [3.63, 3.8) is 0 Å². The Kier molecular flexibility index (Phi) is 7.03. The molecule has 0 amide bonds. The summed E-state index contributed by atoms with van der Waals surface area (Å²) in [6.07, 6.45) is 9.73. The first-order valence-corrected chi connectivity index (χ1v) is 13.9. The highest BCUT2D eigenvalue weighted by molar-refractivity contribution is 5.97. The van der Waals surface area contributed by atoms with Gasteiger partial charge in [-0.15, -0.1) is 0 Å². The summed E-state index contributed by atoms with van der Waals surface area (Å²) in [5.74, 6) is -1.29. The second-order valence-corrected chi connectivity index (χ2v) is 10.6. The number of oxazole rings is 1. The highest BCUT2D eigenvalue weighted by Gasteiger charge is 2.26. The molecule has 5 aromatic heterocycles. The molecule has 0 bridgehead atoms. The first kappa shape index (κ1) is 26.8. The van der Waals surface area contributed by atoms with Crippen molar-refractivity contribution < 1.29 is 18.0 Å². The standard InChI is InChI=1S/C31H26F2N8O2/c32-22-3-1-20(2-4-22)30-31(40(18-35-30)25-8-11-39(12-9-25)15-24-17-43-19-36-24)26-5-6-29-37-23(16-41(29)38-26)14-27(42)21-7-10-34-28(33)13-21/h1-7,10,13,16-19,25H,8-9,11-12,14-15H2. The topological polar surface area (TPSA) is 107 Å². The van der Waals surface area contributed by atoms with E-state index >= 15 is 0 Å². The minimum absolute atomic E-state index is 0.00613. The summed E-state index contributed by atoms with van der Waals surface area (Å²) in [4.78, 5) is 32.2. The highest BCUT2D eigenvalue weighted by Crippen LogP contribution is 2.35. The Labute approximate surface area is 244 Å². The van der Waals surface area contributed by atoms with E-state index in [0.717, 1.165) is 55.5 Å². The number of halogens is 2. The van der Waals surface area contributed by atoms with E-state index < -0.39 is 5.95 Å². The van der Waals surface area contributed by atoms with Crippen molar-refractivity contribution in [3.05, 3.63) is 109 Å². The molecule has 1 aliphatic heterocycles. The van der Waals surface area contributed by atoms with Crippen molar-refractivity contribution in [1.82, 2.24) is 39.0 Å². The number of likely N-dealkylation sites (tertiary alicyclic amines) is 1. The van der Waals surface area contributed by atoms with Gasteiger partial charge in [-0.05, 0) is 55.3 Å². The SMILES string of the molecule is O=C(Cc1cn2nc(-c3c(-c4ccc(F)cc4)ncn3C3CCN(Cc4cocn4)CC3)ccc2n1)c1ccnc(F)c1. The third-order valence-electron chi connectivity index (χ3n) is 7.73. The van der Waals surface area contributed by atoms with Crippen molar-refractivity contribution in [2.24, 2.45) is 0 Å². The maximum Gasteiger partial charge on any atom is 0.213 e. The molecular weight excluding hydrogens is 554 g/mol. The Morgan fingerprint density at radius 1 is 0.977 bits per heavy atom. The van der Waals surface area contributed by atoms with Crippen LogP contribution in [0, 0.1) is 11.8 Å². The van der Waals surface area contributed by atoms with Crippen LogP contribution in [-0.4, -0.2) is 57.9 Å². The minimum Gasteiger partial charge on any atom is -0.451 e. The van der Waals surface area contributed by atoms with Crippen molar-refractivity contribution >= 4 is 11.4 Å². The van der Waals surface area contributed by atoms with E-state index in [2.05, 4.69) is 24.4 Å². The number of rotatable bonds is 8. The number of hydrogen-bond acceptors (Lipinski definition) is 8. The molecule has 1 aromatic carbocycles. The first-order valence-electron chi connectivity index (χ1n) is 13.9. The quantitative estimate of drug-likeness (QED) is 0.179. The molecule has 10 nitrogen and oxygen atoms in total. The fourth-order valence-electron chi connectivity index (χ4n) is 5.60. The molecule has 0 atom stereocenters. The molecular formula is C31H26F2N8O2. The van der Waals surface area contributed by atoms with E-state index in [1.807, 2.05) is 18.5 Å². The average Bonchev–Trinajstić information content (AvgIpc) is 3.78. The summed E-state index contributed by atoms with van der Waals surface area (Å²) in [6.45, 7) is 2.50. The summed E-state index contributed by atoms with van der Waals surface area (Å²) in [5.41, 5.74) is 5.20. The summed E-state index contributed by atoms with van der Waals surface area (Å²) in [5, 5.41) is 4.87. The van der Waals surface area contributed by atoms with E-state index in [9.17, 15) is 13.6 Å². The monoisotopic (exact) mass is 580 g/mol. The van der Waals surface area contributed by atoms with E-state index in [1.54, 1.807) is 29.1 Å². The zero-order valence-electron chi connectivity index (χ0n) is 23.0. The summed E-state index contributed by atoms with van der Waals surface area (Å²) in [6, 6.07) is 12.8. The van der Waals surface area contributed by atoms with Crippen LogP contribution >= 0.6 is 0 Å². The maximum absolute atomic E-state index is 13.8. The second-order valence-electron chi connectivity index (χ2n) is 10.6. The number of carbonyl (C=O) groups excluding carboxylic acids is 1. The smallest absolute Gasteiger partial charge is 0.213 e. The molecule has 43 heavy (non-hydrogen) atoms. The lowest BCUT2D eigenvalue weighted by Crippen LogP contribution is -2.34. The third-order valence-corrected chi connectivity index (χ3v) is 7.73. The summed E-state index contributed by atoms with van der Waals surface area (Å²) >= 11 is 0. The van der Waals surface area contributed by atoms with Crippen LogP contribution in [0.3, 0.4) is 0 Å². The Balaban J connectivity index is 1.20. The van der Waals surface area contributed by atoms with Crippen LogP contribution in [0.25, 0.3) is 28.3 Å². The van der Waals surface area contributed by atoms with Crippen LogP contribution in [0.4, 0.5) is 8.78 Å². The number of hydrogen-bond donors (Lipinski definition) is 0. The van der Waals surface area contributed by atoms with Crippen molar-refractivity contribution in [2.75, 3.05) is 13.1 Å². The Hall–Kier alpha value is -5.10. The van der Waals surface area contributed by atoms with Gasteiger partial charge in [0.25, 0.3) is 0 Å². The van der Waals surface area contributed by atoms with Gasteiger partial charge in [-0.2, -0.15) is 9.49 Å². The van der Waals surface area contributed by atoms with Crippen LogP contribution in [-0.2, 0) is 13.0 Å². The lowest BCUT2D eigenvalue weighted by molar-refractivity contribution is 0.0991. The molecule has 12 heteroatoms. The first-order chi connectivity index (χ1) is 21.0. The fourth-order valence-corrected chi connectivity index (χ4v) is 5.60. The van der Waals surface area contributed by atoms with Gasteiger partial charge < -0.3 is 8.98 Å². The second kappa shape index (κ2) is 11.3. The number of piperidine rings is 1. The van der Waals surface area contributed by atoms with Gasteiger partial charge in [0, 0.05) is 49.1 Å². The van der Waals surface area contributed by atoms with Gasteiger partial charge in [0.05, 0.1) is 41.7 Å². The van der Waals surface area contributed by atoms with Crippen molar-refractivity contribution in [1.29, 1.82) is 0 Å². The molecule has 6 heterocycles. The van der Waals surface area contributed by atoms with Crippen LogP contribution < -0.4 is 0 Å². The minimum atomic E-state index is -0.707. The van der Waals surface area contributed by atoms with E-state index in [4.69, 9.17) is 14.5 Å². The van der Waals surface area contributed by atoms with E-state index in [1.165, 1.54) is 30.8 Å². The Morgan fingerprint density at radius 2 is 1.81 bits per heavy atom. The summed E-state index contributed by atoms with van der Waals surface area (Å²) < 4.78 is 36.2. The predicted octanol–water partition coefficient (Wildman–Crippen LogP) is 5.18. The number of aromatic nitrogens is 7. The molecule has 0 N–H and O–H groups in total. The molecule has 0 aliphatic carbocycles. The van der Waals surface area contributed by atoms with Crippen molar-refractivity contribution in [3.8, 4) is 22.6 Å². The van der Waals surface area contributed by atoms with Crippen molar-refractivity contribution in [2.45, 2.75) is 31.8 Å². The van der Waals surface area contributed by atoms with E-state index in [0.29, 0.717) is 22.7 Å². The lowest BCUT2D eigenvalue weighted by Gasteiger charge is -2.32. The molecule has 0 unspecified atom stereocenters. The molecule has 0 saturated carbocycles. The van der Waals surface area contributed by atoms with Crippen LogP contribution in [0.2, 0.25) is 0 Å². The molecule has 6 aromatic rings. The lowest BCUT2D eigenvalue weighted by atomic mass is 10.0. The molecule has 1 saturated heterocycles. The molecule has 1 aliphatic rings. The normalized spacial score (nSPS) is 14.5. The van der Waals surface area contributed by atoms with Gasteiger partial charge in [0.15, 0.2) is 17.8 Å². The van der Waals surface area contributed by atoms with Gasteiger partial charge in [0.2, 0.25) is 5.95 Å². The maximum atomic E-state index is 13.8. The number of benzene rings is 1. The van der Waals surface area contributed by atoms with Gasteiger partial charge in [-0.25, -0.2) is 28.8 Å². The average molecular weight is 581 g/mol. The number of fused-ring (bicyclic) bond motifs is 1. The number of ketones is 1. The largest absolute Gasteiger partial charge is 0.451 e. The molecule has 0 radical (unpaired) electrons. The number of carbonyl (C=O) groups is 1. The number of pyridine rings is 1. The van der Waals surface area contributed by atoms with Gasteiger partial charge in [-0.3, -0.25) is 9.69 Å².